The molecule has 1 heterocycles. The van der Waals surface area contributed by atoms with Gasteiger partial charge in [-0.15, -0.1) is 0 Å². The van der Waals surface area contributed by atoms with Crippen molar-refractivity contribution in [2.75, 3.05) is 7.11 Å². The molecule has 3 atom stereocenters. The van der Waals surface area contributed by atoms with E-state index < -0.39 is 17.4 Å². The van der Waals surface area contributed by atoms with Crippen LogP contribution >= 0.6 is 0 Å². The summed E-state index contributed by atoms with van der Waals surface area (Å²) in [4.78, 5) is 4.68. The summed E-state index contributed by atoms with van der Waals surface area (Å²) in [7, 11) is 3.04. The predicted molar refractivity (Wildman–Crippen MR) is 69.9 cm³/mol. The van der Waals surface area contributed by atoms with Gasteiger partial charge in [0.2, 0.25) is 0 Å². The van der Waals surface area contributed by atoms with Gasteiger partial charge in [0, 0.05) is 19.4 Å². The number of hydrogen-bond acceptors (Lipinski definition) is 4. The van der Waals surface area contributed by atoms with Crippen LogP contribution in [0.25, 0.3) is 0 Å². The maximum atomic E-state index is 13.5. The average Bonchev–Trinajstić information content (AvgIpc) is 2.83. The second kappa shape index (κ2) is 10.3. The van der Waals surface area contributed by atoms with E-state index in [1.54, 1.807) is 25.1 Å². The van der Waals surface area contributed by atoms with Gasteiger partial charge in [0.05, 0.1) is 12.8 Å². The van der Waals surface area contributed by atoms with E-state index in [0.29, 0.717) is 24.2 Å². The minimum atomic E-state index is -1.17. The standard InChI is InChI=1S/C12H20FN5O2.U/c1-4-9(13)10(16-14)6-5-7-11-12(18(19)20-3)8-15-17(11)2;/h4,7-10,14,18H,5-6H2,1-3H3;/q-2;+2/p+1/t9-,10+;/m0./s1. The van der Waals surface area contributed by atoms with Crippen LogP contribution in [0.1, 0.15) is 25.5 Å². The smallest absolute Gasteiger partial charge is 0.610 e. The summed E-state index contributed by atoms with van der Waals surface area (Å²) in [6, 6.07) is -0.578. The molecular formula is C12H21FN5O2U+. The van der Waals surface area contributed by atoms with E-state index in [0.717, 1.165) is 0 Å². The summed E-state index contributed by atoms with van der Waals surface area (Å²) in [5, 5.41) is 18.7. The van der Waals surface area contributed by atoms with E-state index in [1.165, 1.54) is 19.7 Å². The monoisotopic (exact) mass is 524 g/mol. The molecule has 0 aliphatic heterocycles. The number of nitrogens with one attached hydrogen (secondary N) is 1. The molecule has 1 rings (SSSR count). The van der Waals surface area contributed by atoms with Crippen LogP contribution in [0.5, 0.6) is 0 Å². The quantitative estimate of drug-likeness (QED) is 0.259. The molecule has 0 fully saturated rings. The van der Waals surface area contributed by atoms with Gasteiger partial charge in [-0.1, -0.05) is 6.42 Å². The molecule has 0 spiro atoms. The van der Waals surface area contributed by atoms with Gasteiger partial charge in [-0.2, -0.15) is 24.0 Å². The first-order chi connectivity index (χ1) is 9.54. The van der Waals surface area contributed by atoms with Crippen molar-refractivity contribution in [2.24, 2.45) is 12.2 Å². The van der Waals surface area contributed by atoms with E-state index in [9.17, 15) is 9.60 Å². The average molecular weight is 524 g/mol. The number of hydrogen-bond donors (Lipinski definition) is 2. The predicted octanol–water partition coefficient (Wildman–Crippen LogP) is -0.530. The number of nitrogens with two attached hydrogens (primary N) is 1. The first-order valence-corrected chi connectivity index (χ1v) is 6.32. The van der Waals surface area contributed by atoms with Crippen molar-refractivity contribution in [3.05, 3.63) is 29.9 Å². The molecule has 0 saturated carbocycles. The Labute approximate surface area is 147 Å². The molecule has 0 amide bonds. The Hall–Kier alpha value is -0.458. The topological polar surface area (TPSA) is 92.5 Å². The summed E-state index contributed by atoms with van der Waals surface area (Å²) >= 11 is 0. The summed E-state index contributed by atoms with van der Waals surface area (Å²) in [5.41, 5.74) is 6.22. The Kier molecular flexibility index (Phi) is 10.1. The third kappa shape index (κ3) is 5.68. The molecule has 7 nitrogen and oxygen atoms in total. The molecule has 0 radical (unpaired) electrons. The van der Waals surface area contributed by atoms with Crippen LogP contribution in [-0.4, -0.2) is 29.1 Å². The van der Waals surface area contributed by atoms with Gasteiger partial charge in [0.15, 0.2) is 0 Å². The summed E-state index contributed by atoms with van der Waals surface area (Å²) in [6.07, 6.45) is 4.49. The van der Waals surface area contributed by atoms with Gasteiger partial charge in [-0.25, -0.2) is 4.84 Å². The molecule has 3 N–H and O–H groups in total. The second-order valence-corrected chi connectivity index (χ2v) is 4.33. The van der Waals surface area contributed by atoms with Gasteiger partial charge in [-0.05, 0) is 17.2 Å². The number of nitrogens with zero attached hydrogens (tertiary/aromatic N) is 3. The molecule has 21 heavy (non-hydrogen) atoms. The molecule has 0 saturated heterocycles. The maximum Gasteiger partial charge on any atom is 2.00 e. The van der Waals surface area contributed by atoms with Crippen molar-refractivity contribution in [3.63, 3.8) is 0 Å². The van der Waals surface area contributed by atoms with E-state index in [4.69, 9.17) is 5.53 Å². The van der Waals surface area contributed by atoms with E-state index in [1.807, 2.05) is 0 Å². The van der Waals surface area contributed by atoms with Crippen LogP contribution in [-0.2, 0) is 11.9 Å². The van der Waals surface area contributed by atoms with Crippen molar-refractivity contribution >= 4 is 5.69 Å². The Bertz CT molecular complexity index is 432. The normalized spacial score (nSPS) is 14.9. The minimum absolute atomic E-state index is 0. The molecule has 0 aliphatic carbocycles. The largest absolute Gasteiger partial charge is 2.00 e. The first kappa shape index (κ1) is 20.5. The third-order valence-corrected chi connectivity index (χ3v) is 3.07. The number of quaternary nitrogens is 1. The zero-order valence-electron chi connectivity index (χ0n) is 12.4. The Morgan fingerprint density at radius 1 is 1.67 bits per heavy atom. The molecular weight excluding hydrogens is 503 g/mol. The van der Waals surface area contributed by atoms with Crippen LogP contribution in [0.3, 0.4) is 0 Å². The zero-order valence-corrected chi connectivity index (χ0v) is 16.6. The van der Waals surface area contributed by atoms with Crippen LogP contribution in [0.2, 0.25) is 0 Å². The van der Waals surface area contributed by atoms with Crippen molar-refractivity contribution in [3.8, 4) is 0 Å². The molecule has 1 unspecified atom stereocenters. The minimum Gasteiger partial charge on any atom is -0.610 e. The number of aromatic nitrogens is 2. The van der Waals surface area contributed by atoms with E-state index in [-0.39, 0.29) is 31.1 Å². The Balaban J connectivity index is 0.00000400. The fraction of sp³-hybridized carbons (Fsp3) is 0.583. The number of halogens is 1. The van der Waals surface area contributed by atoms with Crippen molar-refractivity contribution < 1.29 is 51.1 Å². The fourth-order valence-electron chi connectivity index (χ4n) is 1.89. The molecule has 0 bridgehead atoms. The molecule has 116 valence electrons. The third-order valence-electron chi connectivity index (χ3n) is 3.07. The van der Waals surface area contributed by atoms with Gasteiger partial charge >= 0.3 is 31.1 Å². The first-order valence-electron chi connectivity index (χ1n) is 6.32. The van der Waals surface area contributed by atoms with Crippen molar-refractivity contribution in [1.82, 2.24) is 9.78 Å². The second-order valence-electron chi connectivity index (χ2n) is 4.33. The number of alkyl halides is 1. The molecule has 0 aromatic carbocycles. The molecule has 0 aliphatic rings. The Morgan fingerprint density at radius 3 is 2.86 bits per heavy atom. The SMILES string of the molecule is C[CH-][C@H](F)[C@@H](CC[CH-]c1c([NH+]([O-])OC)cnn1C)N=[NH2+].[U+2]. The molecule has 1 aromatic rings. The van der Waals surface area contributed by atoms with Gasteiger partial charge in [0.1, 0.15) is 6.04 Å². The Morgan fingerprint density at radius 2 is 2.33 bits per heavy atom. The van der Waals surface area contributed by atoms with Gasteiger partial charge < -0.3 is 5.21 Å². The van der Waals surface area contributed by atoms with E-state index >= 15 is 0 Å². The fourth-order valence-corrected chi connectivity index (χ4v) is 1.89. The van der Waals surface area contributed by atoms with Crippen LogP contribution in [0.15, 0.2) is 11.3 Å². The van der Waals surface area contributed by atoms with Crippen LogP contribution in [0.4, 0.5) is 10.1 Å². The number of rotatable bonds is 9. The van der Waals surface area contributed by atoms with Gasteiger partial charge in [-0.3, -0.25) is 20.7 Å². The summed E-state index contributed by atoms with van der Waals surface area (Å²) in [6.45, 7) is 1.63. The number of aryl methyl sites for hydroxylation is 1. The zero-order chi connectivity index (χ0) is 15.1. The molecule has 1 aromatic heterocycles. The summed E-state index contributed by atoms with van der Waals surface area (Å²) < 4.78 is 15.0. The van der Waals surface area contributed by atoms with Crippen molar-refractivity contribution in [1.29, 1.82) is 0 Å². The van der Waals surface area contributed by atoms with E-state index in [2.05, 4.69) is 15.1 Å². The summed E-state index contributed by atoms with van der Waals surface area (Å²) in [5.74, 6) is 0. The van der Waals surface area contributed by atoms with Crippen LogP contribution in [0, 0.1) is 49.2 Å². The van der Waals surface area contributed by atoms with Crippen molar-refractivity contribution in [2.45, 2.75) is 32.0 Å². The molecule has 9 heteroatoms. The maximum absolute atomic E-state index is 13.5. The van der Waals surface area contributed by atoms with Gasteiger partial charge in [0.25, 0.3) is 0 Å². The van der Waals surface area contributed by atoms with Crippen LogP contribution < -0.4 is 10.8 Å².